The van der Waals surface area contributed by atoms with Gasteiger partial charge < -0.3 is 211 Å². The SMILES string of the molecule is CC(=O)NC1[C@H](O[C@H]2C(CO)O[C@@H](O[C@@H]3C(CO)O[C@@H](O)C(O)[C@H]3O)C(O)[C@H]2O[C@]2(C(=O)O)C[C@@H](O)[C@@H](NC(C)=O)C(C(O)C(CO)O[C@]3(C(=O)O)C[C@@H](O)[C@@H](NC(C)=O)C(C(O)C(O)CO)O3)O2)OC(CO)[C@H](O)[C@@H]1O[C@@H]1OC(CO)[C@H](O)[C@H](O[C@]2(C(=O)O)C[C@@H](O)[C@@H](NC(C)=O)C(C(O)C(O)CO)O2)C1O. The van der Waals surface area contributed by atoms with E-state index in [1.54, 1.807) is 0 Å². The van der Waals surface area contributed by atoms with Gasteiger partial charge in [0.2, 0.25) is 23.6 Å². The number of aliphatic carboxylic acids is 3. The molecule has 49 nitrogen and oxygen atoms in total. The molecule has 7 fully saturated rings. The van der Waals surface area contributed by atoms with Gasteiger partial charge in [-0.25, -0.2) is 14.4 Å². The zero-order valence-corrected chi connectivity index (χ0v) is 57.6. The first-order chi connectivity index (χ1) is 50.6. The fraction of sp³-hybridized carbons (Fsp3) is 0.881. The Morgan fingerprint density at radius 3 is 1.13 bits per heavy atom. The number of amides is 4. The van der Waals surface area contributed by atoms with Crippen LogP contribution < -0.4 is 21.3 Å². The van der Waals surface area contributed by atoms with Crippen LogP contribution in [0.3, 0.4) is 0 Å². The van der Waals surface area contributed by atoms with Crippen molar-refractivity contribution in [3.8, 4) is 0 Å². The summed E-state index contributed by atoms with van der Waals surface area (Å²) in [5.74, 6) is -21.5. The minimum Gasteiger partial charge on any atom is -0.477 e. The molecule has 17 unspecified atom stereocenters. The van der Waals surface area contributed by atoms with E-state index in [2.05, 4.69) is 21.3 Å². The van der Waals surface area contributed by atoms with Gasteiger partial charge in [-0.2, -0.15) is 0 Å². The molecule has 7 saturated heterocycles. The average molecular weight is 1580 g/mol. The molecule has 38 atom stereocenters. The van der Waals surface area contributed by atoms with Gasteiger partial charge in [0.05, 0.1) is 82.7 Å². The summed E-state index contributed by atoms with van der Waals surface area (Å²) in [6.07, 6.45) is -77.8. The van der Waals surface area contributed by atoms with Crippen molar-refractivity contribution in [2.45, 2.75) is 278 Å². The quantitative estimate of drug-likeness (QED) is 0.0297. The highest BCUT2D eigenvalue weighted by Gasteiger charge is 2.66. The number of aliphatic hydroxyl groups excluding tert-OH is 22. The predicted octanol–water partition coefficient (Wildman–Crippen LogP) is -18.1. The van der Waals surface area contributed by atoms with Crippen LogP contribution in [0.1, 0.15) is 47.0 Å². The lowest BCUT2D eigenvalue weighted by Crippen LogP contribution is -2.73. The second-order valence-corrected chi connectivity index (χ2v) is 26.8. The van der Waals surface area contributed by atoms with E-state index in [0.29, 0.717) is 0 Å². The minimum atomic E-state index is -3.75. The molecule has 7 aliphatic rings. The highest BCUT2D eigenvalue weighted by molar-refractivity contribution is 5.78. The number of carbonyl (C=O) groups excluding carboxylic acids is 4. The lowest BCUT2D eigenvalue weighted by atomic mass is 9.87. The van der Waals surface area contributed by atoms with Crippen LogP contribution in [-0.4, -0.2) is 447 Å². The lowest BCUT2D eigenvalue weighted by molar-refractivity contribution is -0.405. The predicted molar refractivity (Wildman–Crippen MR) is 330 cm³/mol. The summed E-state index contributed by atoms with van der Waals surface area (Å²) in [4.78, 5) is 91.6. The summed E-state index contributed by atoms with van der Waals surface area (Å²) >= 11 is 0. The Hall–Kier alpha value is -5.11. The number of hydrogen-bond acceptors (Lipinski definition) is 42. The zero-order valence-electron chi connectivity index (χ0n) is 57.6. The molecule has 0 saturated carbocycles. The van der Waals surface area contributed by atoms with E-state index in [4.69, 9.17) is 61.6 Å². The Morgan fingerprint density at radius 2 is 0.722 bits per heavy atom. The highest BCUT2D eigenvalue weighted by atomic mass is 16.8. The summed E-state index contributed by atoms with van der Waals surface area (Å²) < 4.78 is 75.7. The molecular formula is C59H96N4O45. The molecule has 29 N–H and O–H groups in total. The number of nitrogens with one attached hydrogen (secondary N) is 4. The molecule has 0 aromatic heterocycles. The molecule has 622 valence electrons. The van der Waals surface area contributed by atoms with Gasteiger partial charge in [-0.3, -0.25) is 19.2 Å². The van der Waals surface area contributed by atoms with Crippen molar-refractivity contribution < 1.29 is 223 Å². The standard InChI is InChI=1S/C59H96N4O45/c1-15(71)60-29-19(75)5-57(54(90)91,104-45(29)33(80)22(78)8-64)103-26(12-68)37(84)47-31(62-17(3)73)21(77)7-59(106-47,56(94)95)108-49-41(88)53(100-42-27(13-69)96-50(89)39(86)38(42)85)99-28(14-70)43(49)101-51-32(63-18(4)74)44(35(82)24(10-66)97-51)102-52-40(87)48(36(83)25(11-67)98-52)107-58(55(92)93)6-20(76)30(61-16(2)72)46(105-58)34(81)23(79)9-65/h19-53,64-70,75-89H,5-14H2,1-4H3,(H,60,71)(H,61,72)(H,62,73)(H,63,74)(H,90,91)(H,92,93)(H,94,95)/t19-,20-,21-,22?,23?,24?,25?,26?,27?,28?,29-,30-,31-,32?,33?,34?,35+,36+,37?,38-,39?,40?,41?,42-,43+,44-,45?,46?,47?,48+,49-,50-,51+,52+,53+,57-,58+,59+/m1/s1. The van der Waals surface area contributed by atoms with E-state index in [1.807, 2.05) is 0 Å². The van der Waals surface area contributed by atoms with Crippen molar-refractivity contribution in [1.29, 1.82) is 0 Å². The number of carboxylic acid groups (broad SMARTS) is 3. The van der Waals surface area contributed by atoms with Crippen molar-refractivity contribution in [2.75, 3.05) is 46.2 Å². The molecular weight excluding hydrogens is 1480 g/mol. The van der Waals surface area contributed by atoms with E-state index in [1.165, 1.54) is 0 Å². The van der Waals surface area contributed by atoms with Gasteiger partial charge in [-0.05, 0) is 0 Å². The third-order valence-corrected chi connectivity index (χ3v) is 19.1. The number of carbonyl (C=O) groups is 7. The van der Waals surface area contributed by atoms with Crippen LogP contribution in [-0.2, 0) is 95.1 Å². The van der Waals surface area contributed by atoms with Crippen LogP contribution in [0, 0.1) is 0 Å². The third kappa shape index (κ3) is 19.4. The molecule has 108 heavy (non-hydrogen) atoms. The van der Waals surface area contributed by atoms with Gasteiger partial charge in [-0.1, -0.05) is 0 Å². The lowest BCUT2D eigenvalue weighted by Gasteiger charge is -2.53. The van der Waals surface area contributed by atoms with Crippen LogP contribution in [0.5, 0.6) is 0 Å². The molecule has 0 aliphatic carbocycles. The minimum absolute atomic E-state index is 0.809. The van der Waals surface area contributed by atoms with E-state index >= 15 is 0 Å². The normalized spacial score (nSPS) is 43.4. The van der Waals surface area contributed by atoms with E-state index in [9.17, 15) is 161 Å². The van der Waals surface area contributed by atoms with Gasteiger partial charge in [0.1, 0.15) is 153 Å². The third-order valence-electron chi connectivity index (χ3n) is 19.1. The first-order valence-electron chi connectivity index (χ1n) is 33.5. The van der Waals surface area contributed by atoms with Crippen LogP contribution >= 0.6 is 0 Å². The van der Waals surface area contributed by atoms with Crippen LogP contribution in [0.2, 0.25) is 0 Å². The maximum atomic E-state index is 14.2. The van der Waals surface area contributed by atoms with Crippen molar-refractivity contribution in [1.82, 2.24) is 21.3 Å². The number of hydrogen-bond donors (Lipinski definition) is 29. The number of ether oxygens (including phenoxy) is 13. The van der Waals surface area contributed by atoms with Crippen LogP contribution in [0.25, 0.3) is 0 Å². The molecule has 7 heterocycles. The maximum Gasteiger partial charge on any atom is 0.364 e. The highest BCUT2D eigenvalue weighted by Crippen LogP contribution is 2.44. The molecule has 0 spiro atoms. The average Bonchev–Trinajstić information content (AvgIpc) is 0.750. The van der Waals surface area contributed by atoms with E-state index in [-0.39, 0.29) is 0 Å². The van der Waals surface area contributed by atoms with Crippen LogP contribution in [0.15, 0.2) is 0 Å². The Bertz CT molecular complexity index is 3010. The van der Waals surface area contributed by atoms with Gasteiger partial charge in [0.15, 0.2) is 25.2 Å². The maximum absolute atomic E-state index is 14.2. The fourth-order valence-corrected chi connectivity index (χ4v) is 13.7. The van der Waals surface area contributed by atoms with Gasteiger partial charge >= 0.3 is 17.9 Å². The zero-order chi connectivity index (χ0) is 80.8. The first kappa shape index (κ1) is 90.1. The number of rotatable bonds is 32. The van der Waals surface area contributed by atoms with Crippen molar-refractivity contribution in [2.24, 2.45) is 0 Å². The number of carboxylic acids is 3. The molecule has 7 aliphatic heterocycles. The summed E-state index contributed by atoms with van der Waals surface area (Å²) in [6, 6.07) is -8.01. The van der Waals surface area contributed by atoms with Crippen molar-refractivity contribution in [3.05, 3.63) is 0 Å². The van der Waals surface area contributed by atoms with Crippen molar-refractivity contribution >= 4 is 41.5 Å². The summed E-state index contributed by atoms with van der Waals surface area (Å²) in [6.45, 7) is -5.89. The fourth-order valence-electron chi connectivity index (χ4n) is 13.7. The first-order valence-corrected chi connectivity index (χ1v) is 33.5. The Morgan fingerprint density at radius 1 is 0.380 bits per heavy atom. The summed E-state index contributed by atoms with van der Waals surface area (Å²) in [7, 11) is 0. The molecule has 0 aromatic carbocycles. The Balaban J connectivity index is 1.31. The molecule has 0 bridgehead atoms. The molecule has 0 radical (unpaired) electrons. The van der Waals surface area contributed by atoms with E-state index < -0.39 is 339 Å². The molecule has 0 aromatic rings. The Kier molecular flexibility index (Phi) is 31.4. The second-order valence-electron chi connectivity index (χ2n) is 26.8. The van der Waals surface area contributed by atoms with Gasteiger partial charge in [0.25, 0.3) is 17.4 Å². The van der Waals surface area contributed by atoms with Crippen molar-refractivity contribution in [3.63, 3.8) is 0 Å². The summed E-state index contributed by atoms with van der Waals surface area (Å²) in [5.41, 5.74) is 0. The Labute approximate surface area is 609 Å². The molecule has 7 rings (SSSR count). The topological polar surface area (TPSA) is 793 Å². The number of aliphatic hydroxyl groups is 22. The second kappa shape index (κ2) is 37.7. The largest absolute Gasteiger partial charge is 0.477 e. The molecule has 49 heteroatoms. The summed E-state index contributed by atoms with van der Waals surface area (Å²) in [5, 5.41) is 285. The van der Waals surface area contributed by atoms with E-state index in [0.717, 1.165) is 27.7 Å². The van der Waals surface area contributed by atoms with Crippen LogP contribution in [0.4, 0.5) is 0 Å². The monoisotopic (exact) mass is 1580 g/mol. The molecule has 4 amide bonds. The smallest absolute Gasteiger partial charge is 0.364 e. The van der Waals surface area contributed by atoms with Gasteiger partial charge in [0, 0.05) is 47.0 Å². The van der Waals surface area contributed by atoms with Gasteiger partial charge in [-0.15, -0.1) is 0 Å².